The van der Waals surface area contributed by atoms with Gasteiger partial charge in [-0.1, -0.05) is 18.7 Å². The molecule has 1 unspecified atom stereocenters. The van der Waals surface area contributed by atoms with Crippen LogP contribution in [-0.4, -0.2) is 48.7 Å². The molecular formula is C19H26N2O4S. The number of nitrogens with one attached hydrogen (secondary N) is 1. The third-order valence-corrected chi connectivity index (χ3v) is 6.31. The first-order chi connectivity index (χ1) is 12.0. The molecule has 1 aliphatic heterocycles. The number of carbonyl (C=O) groups is 2. The molecule has 26 heavy (non-hydrogen) atoms. The van der Waals surface area contributed by atoms with Crippen LogP contribution >= 0.6 is 0 Å². The fourth-order valence-electron chi connectivity index (χ4n) is 3.24. The summed E-state index contributed by atoms with van der Waals surface area (Å²) in [7, 11) is -3.16. The van der Waals surface area contributed by atoms with Gasteiger partial charge in [0.2, 0.25) is 11.8 Å². The van der Waals surface area contributed by atoms with E-state index < -0.39 is 20.6 Å². The predicted octanol–water partition coefficient (Wildman–Crippen LogP) is 2.17. The van der Waals surface area contributed by atoms with Crippen LogP contribution in [0.4, 0.5) is 5.69 Å². The van der Waals surface area contributed by atoms with E-state index in [4.69, 9.17) is 0 Å². The van der Waals surface area contributed by atoms with Crippen LogP contribution in [0.2, 0.25) is 0 Å². The number of hydrogen-bond acceptors (Lipinski definition) is 4. The molecule has 1 aromatic rings. The maximum atomic E-state index is 12.6. The number of aryl methyl sites for hydroxylation is 1. The van der Waals surface area contributed by atoms with Gasteiger partial charge in [-0.05, 0) is 50.5 Å². The summed E-state index contributed by atoms with van der Waals surface area (Å²) in [5, 5.41) is 2.18. The van der Waals surface area contributed by atoms with Gasteiger partial charge in [-0.15, -0.1) is 0 Å². The maximum absolute atomic E-state index is 12.6. The number of nitrogens with zero attached hydrogens (tertiary/aromatic N) is 1. The van der Waals surface area contributed by atoms with E-state index in [1.165, 1.54) is 12.3 Å². The highest BCUT2D eigenvalue weighted by Crippen LogP contribution is 2.32. The van der Waals surface area contributed by atoms with Crippen molar-refractivity contribution in [3.63, 3.8) is 0 Å². The summed E-state index contributed by atoms with van der Waals surface area (Å²) in [5.74, 6) is -0.310. The van der Waals surface area contributed by atoms with Crippen LogP contribution in [0.1, 0.15) is 32.3 Å². The van der Waals surface area contributed by atoms with E-state index in [0.29, 0.717) is 24.9 Å². The van der Waals surface area contributed by atoms with Crippen LogP contribution in [0.3, 0.4) is 0 Å². The number of rotatable bonds is 6. The normalized spacial score (nSPS) is 19.2. The molecule has 1 heterocycles. The molecule has 6 nitrogen and oxygen atoms in total. The lowest BCUT2D eigenvalue weighted by molar-refractivity contribution is -0.134. The average molecular weight is 378 g/mol. The van der Waals surface area contributed by atoms with Gasteiger partial charge in [-0.3, -0.25) is 9.59 Å². The Morgan fingerprint density at radius 2 is 1.92 bits per heavy atom. The molecule has 142 valence electrons. The largest absolute Gasteiger partial charge is 0.336 e. The Labute approximate surface area is 155 Å². The minimum absolute atomic E-state index is 0.0369. The molecule has 1 aliphatic rings. The van der Waals surface area contributed by atoms with E-state index in [9.17, 15) is 18.0 Å². The first kappa shape index (κ1) is 20.2. The van der Waals surface area contributed by atoms with Crippen molar-refractivity contribution in [2.75, 3.05) is 18.1 Å². The first-order valence-corrected chi connectivity index (χ1v) is 10.5. The minimum atomic E-state index is -3.16. The summed E-state index contributed by atoms with van der Waals surface area (Å²) in [6, 6.07) is 7.28. The molecule has 2 amide bonds. The SMILES string of the molecule is C=CC(=O)Nc1ccc(CCC(=O)N2CC(S(C)(=O)=O)CC2(C)C)cc1. The summed E-state index contributed by atoms with van der Waals surface area (Å²) in [4.78, 5) is 25.6. The van der Waals surface area contributed by atoms with Gasteiger partial charge in [0.05, 0.1) is 5.25 Å². The number of amides is 2. The number of likely N-dealkylation sites (tertiary alicyclic amines) is 1. The van der Waals surface area contributed by atoms with Crippen molar-refractivity contribution in [3.8, 4) is 0 Å². The Balaban J connectivity index is 1.96. The highest BCUT2D eigenvalue weighted by Gasteiger charge is 2.44. The Bertz CT molecular complexity index is 797. The Morgan fingerprint density at radius 1 is 1.31 bits per heavy atom. The molecule has 2 rings (SSSR count). The lowest BCUT2D eigenvalue weighted by atomic mass is 10.0. The second kappa shape index (κ2) is 7.61. The van der Waals surface area contributed by atoms with Crippen molar-refractivity contribution in [2.24, 2.45) is 0 Å². The fourth-order valence-corrected chi connectivity index (χ4v) is 4.37. The van der Waals surface area contributed by atoms with E-state index >= 15 is 0 Å². The molecule has 1 aromatic carbocycles. The monoisotopic (exact) mass is 378 g/mol. The Morgan fingerprint density at radius 3 is 2.42 bits per heavy atom. The van der Waals surface area contributed by atoms with Gasteiger partial charge < -0.3 is 10.2 Å². The molecule has 1 saturated heterocycles. The molecule has 0 radical (unpaired) electrons. The Hall–Kier alpha value is -2.15. The molecule has 0 aliphatic carbocycles. The molecule has 0 spiro atoms. The molecule has 1 N–H and O–H groups in total. The highest BCUT2D eigenvalue weighted by atomic mass is 32.2. The third kappa shape index (κ3) is 4.94. The summed E-state index contributed by atoms with van der Waals surface area (Å²) in [6.45, 7) is 7.48. The smallest absolute Gasteiger partial charge is 0.247 e. The molecule has 0 aromatic heterocycles. The molecule has 1 fully saturated rings. The molecule has 0 bridgehead atoms. The van der Waals surface area contributed by atoms with Crippen molar-refractivity contribution in [2.45, 2.75) is 43.9 Å². The van der Waals surface area contributed by atoms with Gasteiger partial charge in [-0.25, -0.2) is 8.42 Å². The van der Waals surface area contributed by atoms with Crippen LogP contribution < -0.4 is 5.32 Å². The standard InChI is InChI=1S/C19H26N2O4S/c1-5-17(22)20-15-9-6-14(7-10-15)8-11-18(23)21-13-16(26(4,24)25)12-19(21,2)3/h5-7,9-10,16H,1,8,11-13H2,2-4H3,(H,20,22). The van der Waals surface area contributed by atoms with Crippen molar-refractivity contribution in [1.82, 2.24) is 4.90 Å². The van der Waals surface area contributed by atoms with Gasteiger partial charge in [0.15, 0.2) is 9.84 Å². The van der Waals surface area contributed by atoms with Gasteiger partial charge in [0.1, 0.15) is 0 Å². The Kier molecular flexibility index (Phi) is 5.91. The molecular weight excluding hydrogens is 352 g/mol. The van der Waals surface area contributed by atoms with Gasteiger partial charge in [0, 0.05) is 30.4 Å². The van der Waals surface area contributed by atoms with Crippen molar-refractivity contribution < 1.29 is 18.0 Å². The third-order valence-electron chi connectivity index (χ3n) is 4.79. The maximum Gasteiger partial charge on any atom is 0.247 e. The van der Waals surface area contributed by atoms with E-state index in [1.807, 2.05) is 26.0 Å². The number of carbonyl (C=O) groups excluding carboxylic acids is 2. The van der Waals surface area contributed by atoms with E-state index in [1.54, 1.807) is 17.0 Å². The predicted molar refractivity (Wildman–Crippen MR) is 103 cm³/mol. The second-order valence-electron chi connectivity index (χ2n) is 7.36. The average Bonchev–Trinajstić information content (AvgIpc) is 2.89. The van der Waals surface area contributed by atoms with E-state index in [0.717, 1.165) is 5.56 Å². The van der Waals surface area contributed by atoms with Gasteiger partial charge in [-0.2, -0.15) is 0 Å². The zero-order chi connectivity index (χ0) is 19.5. The zero-order valence-electron chi connectivity index (χ0n) is 15.5. The second-order valence-corrected chi connectivity index (χ2v) is 9.69. The summed E-state index contributed by atoms with van der Waals surface area (Å²) < 4.78 is 23.6. The fraction of sp³-hybridized carbons (Fsp3) is 0.474. The van der Waals surface area contributed by atoms with Crippen LogP contribution in [0.15, 0.2) is 36.9 Å². The zero-order valence-corrected chi connectivity index (χ0v) is 16.3. The van der Waals surface area contributed by atoms with Gasteiger partial charge in [0.25, 0.3) is 0 Å². The van der Waals surface area contributed by atoms with Crippen molar-refractivity contribution in [3.05, 3.63) is 42.5 Å². The first-order valence-electron chi connectivity index (χ1n) is 8.54. The van der Waals surface area contributed by atoms with E-state index in [-0.39, 0.29) is 18.4 Å². The lowest BCUT2D eigenvalue weighted by Gasteiger charge is -2.31. The highest BCUT2D eigenvalue weighted by molar-refractivity contribution is 7.91. The summed E-state index contributed by atoms with van der Waals surface area (Å²) in [5.41, 5.74) is 1.19. The van der Waals surface area contributed by atoms with E-state index in [2.05, 4.69) is 11.9 Å². The van der Waals surface area contributed by atoms with Gasteiger partial charge >= 0.3 is 0 Å². The number of anilines is 1. The number of hydrogen-bond donors (Lipinski definition) is 1. The quantitative estimate of drug-likeness (QED) is 0.769. The summed E-state index contributed by atoms with van der Waals surface area (Å²) in [6.07, 6.45) is 3.78. The van der Waals surface area contributed by atoms with Crippen LogP contribution in [0.25, 0.3) is 0 Å². The van der Waals surface area contributed by atoms with Crippen LogP contribution in [0, 0.1) is 0 Å². The van der Waals surface area contributed by atoms with Crippen LogP contribution in [0.5, 0.6) is 0 Å². The van der Waals surface area contributed by atoms with Crippen molar-refractivity contribution >= 4 is 27.3 Å². The topological polar surface area (TPSA) is 83.6 Å². The summed E-state index contributed by atoms with van der Waals surface area (Å²) >= 11 is 0. The molecule has 7 heteroatoms. The molecule has 0 saturated carbocycles. The minimum Gasteiger partial charge on any atom is -0.336 e. The molecule has 1 atom stereocenters. The number of benzene rings is 1. The lowest BCUT2D eigenvalue weighted by Crippen LogP contribution is -2.42. The van der Waals surface area contributed by atoms with Crippen molar-refractivity contribution in [1.29, 1.82) is 0 Å². The van der Waals surface area contributed by atoms with Crippen LogP contribution in [-0.2, 0) is 25.8 Å². The number of sulfone groups is 1.